The highest BCUT2D eigenvalue weighted by atomic mass is 79.9. The summed E-state index contributed by atoms with van der Waals surface area (Å²) >= 11 is 3.16. The fraction of sp³-hybridized carbons (Fsp3) is 0.167. The molecular formula is C12H11BrFNO. The number of benzene rings is 1. The van der Waals surface area contributed by atoms with Crippen molar-refractivity contribution in [2.24, 2.45) is 5.73 Å². The summed E-state index contributed by atoms with van der Waals surface area (Å²) in [7, 11) is 0. The molecule has 16 heavy (non-hydrogen) atoms. The van der Waals surface area contributed by atoms with E-state index in [1.165, 1.54) is 6.07 Å². The Hall–Kier alpha value is -1.13. The van der Waals surface area contributed by atoms with Gasteiger partial charge in [-0.1, -0.05) is 0 Å². The van der Waals surface area contributed by atoms with Crippen LogP contribution in [0, 0.1) is 12.7 Å². The average molecular weight is 284 g/mol. The summed E-state index contributed by atoms with van der Waals surface area (Å²) in [5.74, 6) is 1.15. The van der Waals surface area contributed by atoms with E-state index < -0.39 is 0 Å². The third-order valence-corrected chi connectivity index (χ3v) is 3.00. The van der Waals surface area contributed by atoms with Crippen molar-refractivity contribution in [2.75, 3.05) is 0 Å². The lowest BCUT2D eigenvalue weighted by atomic mass is 10.1. The Morgan fingerprint density at radius 2 is 2.12 bits per heavy atom. The van der Waals surface area contributed by atoms with Crippen molar-refractivity contribution in [3.05, 3.63) is 45.9 Å². The lowest BCUT2D eigenvalue weighted by Crippen LogP contribution is -1.92. The molecule has 0 aliphatic rings. The maximum atomic E-state index is 13.2. The summed E-state index contributed by atoms with van der Waals surface area (Å²) in [5, 5.41) is 0. The van der Waals surface area contributed by atoms with E-state index in [-0.39, 0.29) is 5.82 Å². The smallest absolute Gasteiger partial charge is 0.137 e. The maximum Gasteiger partial charge on any atom is 0.137 e. The van der Waals surface area contributed by atoms with E-state index in [0.29, 0.717) is 16.8 Å². The molecule has 0 saturated carbocycles. The minimum Gasteiger partial charge on any atom is -0.460 e. The lowest BCUT2D eigenvalue weighted by Gasteiger charge is -2.04. The zero-order valence-electron chi connectivity index (χ0n) is 8.76. The highest BCUT2D eigenvalue weighted by Gasteiger charge is 2.10. The molecule has 0 unspecified atom stereocenters. The average Bonchev–Trinajstić information content (AvgIpc) is 2.71. The van der Waals surface area contributed by atoms with Crippen molar-refractivity contribution in [3.8, 4) is 11.3 Å². The van der Waals surface area contributed by atoms with Crippen LogP contribution >= 0.6 is 15.9 Å². The van der Waals surface area contributed by atoms with E-state index in [0.717, 1.165) is 16.9 Å². The molecule has 0 spiro atoms. The monoisotopic (exact) mass is 283 g/mol. The van der Waals surface area contributed by atoms with E-state index >= 15 is 0 Å². The van der Waals surface area contributed by atoms with E-state index in [9.17, 15) is 4.39 Å². The van der Waals surface area contributed by atoms with Gasteiger partial charge in [-0.15, -0.1) is 0 Å². The second-order valence-electron chi connectivity index (χ2n) is 3.55. The summed E-state index contributed by atoms with van der Waals surface area (Å²) in [5.41, 5.74) is 7.17. The van der Waals surface area contributed by atoms with Crippen molar-refractivity contribution < 1.29 is 8.81 Å². The molecule has 4 heteroatoms. The SMILES string of the molecule is Cc1cc(F)c(Br)cc1-c1ccc(CN)o1. The van der Waals surface area contributed by atoms with Crippen LogP contribution in [0.15, 0.2) is 33.2 Å². The quantitative estimate of drug-likeness (QED) is 0.914. The van der Waals surface area contributed by atoms with E-state index in [4.69, 9.17) is 10.2 Å². The van der Waals surface area contributed by atoms with E-state index in [1.807, 2.05) is 19.1 Å². The van der Waals surface area contributed by atoms with Gasteiger partial charge in [0.1, 0.15) is 17.3 Å². The van der Waals surface area contributed by atoms with Gasteiger partial charge in [0.15, 0.2) is 0 Å². The van der Waals surface area contributed by atoms with Gasteiger partial charge in [-0.3, -0.25) is 0 Å². The summed E-state index contributed by atoms with van der Waals surface area (Å²) < 4.78 is 19.2. The first-order valence-electron chi connectivity index (χ1n) is 4.86. The number of halogens is 2. The molecule has 1 heterocycles. The van der Waals surface area contributed by atoms with Crippen LogP contribution in [0.1, 0.15) is 11.3 Å². The van der Waals surface area contributed by atoms with Crippen LogP contribution in [0.2, 0.25) is 0 Å². The molecule has 84 valence electrons. The zero-order valence-corrected chi connectivity index (χ0v) is 10.3. The predicted octanol–water partition coefficient (Wildman–Crippen LogP) is 3.62. The predicted molar refractivity (Wildman–Crippen MR) is 64.4 cm³/mol. The molecule has 0 aliphatic carbocycles. The Balaban J connectivity index is 2.51. The fourth-order valence-electron chi connectivity index (χ4n) is 1.54. The first kappa shape index (κ1) is 11.4. The number of hydrogen-bond acceptors (Lipinski definition) is 2. The molecule has 0 atom stereocenters. The van der Waals surface area contributed by atoms with Gasteiger partial charge in [-0.25, -0.2) is 4.39 Å². The van der Waals surface area contributed by atoms with Crippen LogP contribution < -0.4 is 5.73 Å². The minimum atomic E-state index is -0.271. The van der Waals surface area contributed by atoms with Crippen LogP contribution in [0.4, 0.5) is 4.39 Å². The van der Waals surface area contributed by atoms with Gasteiger partial charge in [0.05, 0.1) is 11.0 Å². The molecule has 0 fully saturated rings. The Morgan fingerprint density at radius 3 is 2.75 bits per heavy atom. The largest absolute Gasteiger partial charge is 0.460 e. The van der Waals surface area contributed by atoms with Gasteiger partial charge in [-0.2, -0.15) is 0 Å². The summed E-state index contributed by atoms with van der Waals surface area (Å²) in [6.07, 6.45) is 0. The molecule has 2 rings (SSSR count). The molecular weight excluding hydrogens is 273 g/mol. The summed E-state index contributed by atoms with van der Waals surface area (Å²) in [6, 6.07) is 6.86. The summed E-state index contributed by atoms with van der Waals surface area (Å²) in [4.78, 5) is 0. The first-order valence-corrected chi connectivity index (χ1v) is 5.66. The Bertz CT molecular complexity index is 522. The number of nitrogens with two attached hydrogens (primary N) is 1. The standard InChI is InChI=1S/C12H11BrFNO/c1-7-4-11(14)10(13)5-9(7)12-3-2-8(6-15)16-12/h2-5H,6,15H2,1H3. The third-order valence-electron chi connectivity index (χ3n) is 2.40. The van der Waals surface area contributed by atoms with Gasteiger partial charge >= 0.3 is 0 Å². The summed E-state index contributed by atoms with van der Waals surface area (Å²) in [6.45, 7) is 2.21. The maximum absolute atomic E-state index is 13.2. The van der Waals surface area contributed by atoms with Crippen LogP contribution in [0.5, 0.6) is 0 Å². The Kier molecular flexibility index (Phi) is 3.12. The Morgan fingerprint density at radius 1 is 1.38 bits per heavy atom. The number of furan rings is 1. The van der Waals surface area contributed by atoms with Crippen LogP contribution in [-0.2, 0) is 6.54 Å². The minimum absolute atomic E-state index is 0.271. The first-order chi connectivity index (χ1) is 7.61. The van der Waals surface area contributed by atoms with Crippen molar-refractivity contribution in [1.82, 2.24) is 0 Å². The molecule has 2 nitrogen and oxygen atoms in total. The molecule has 1 aromatic carbocycles. The topological polar surface area (TPSA) is 39.2 Å². The number of hydrogen-bond donors (Lipinski definition) is 1. The van der Waals surface area contributed by atoms with Gasteiger partial charge in [-0.05, 0) is 52.7 Å². The molecule has 2 N–H and O–H groups in total. The van der Waals surface area contributed by atoms with Crippen LogP contribution in [0.3, 0.4) is 0 Å². The van der Waals surface area contributed by atoms with Gasteiger partial charge in [0.2, 0.25) is 0 Å². The second-order valence-corrected chi connectivity index (χ2v) is 4.41. The third kappa shape index (κ3) is 2.03. The van der Waals surface area contributed by atoms with E-state index in [1.54, 1.807) is 6.07 Å². The molecule has 0 amide bonds. The number of rotatable bonds is 2. The van der Waals surface area contributed by atoms with Gasteiger partial charge in [0, 0.05) is 5.56 Å². The van der Waals surface area contributed by atoms with Crippen LogP contribution in [-0.4, -0.2) is 0 Å². The molecule has 0 radical (unpaired) electrons. The highest BCUT2D eigenvalue weighted by Crippen LogP contribution is 2.30. The highest BCUT2D eigenvalue weighted by molar-refractivity contribution is 9.10. The van der Waals surface area contributed by atoms with Gasteiger partial charge in [0.25, 0.3) is 0 Å². The van der Waals surface area contributed by atoms with Gasteiger partial charge < -0.3 is 10.2 Å². The van der Waals surface area contributed by atoms with Crippen LogP contribution in [0.25, 0.3) is 11.3 Å². The molecule has 0 saturated heterocycles. The second kappa shape index (κ2) is 4.39. The molecule has 1 aromatic heterocycles. The Labute approximate surface area is 101 Å². The van der Waals surface area contributed by atoms with Crippen molar-refractivity contribution in [1.29, 1.82) is 0 Å². The van der Waals surface area contributed by atoms with E-state index in [2.05, 4.69) is 15.9 Å². The molecule has 2 aromatic rings. The molecule has 0 bridgehead atoms. The normalized spacial score (nSPS) is 10.8. The van der Waals surface area contributed by atoms with Crippen molar-refractivity contribution in [3.63, 3.8) is 0 Å². The lowest BCUT2D eigenvalue weighted by molar-refractivity contribution is 0.525. The van der Waals surface area contributed by atoms with Crippen molar-refractivity contribution >= 4 is 15.9 Å². The fourth-order valence-corrected chi connectivity index (χ4v) is 1.89. The van der Waals surface area contributed by atoms with Crippen molar-refractivity contribution in [2.45, 2.75) is 13.5 Å². The zero-order chi connectivity index (χ0) is 11.7. The molecule has 0 aliphatic heterocycles. The number of aryl methyl sites for hydroxylation is 1.